The Morgan fingerprint density at radius 2 is 1.92 bits per heavy atom. The number of rotatable bonds is 9. The minimum atomic E-state index is -0.886. The molecule has 8 nitrogen and oxygen atoms in total. The molecule has 0 aliphatic rings. The van der Waals surface area contributed by atoms with Crippen molar-refractivity contribution in [1.82, 2.24) is 5.32 Å². The fourth-order valence-corrected chi connectivity index (χ4v) is 2.39. The number of carbonyl (C=O) groups excluding carboxylic acids is 2. The standard InChI is InChI=1S/C17H25N3O5.ClH/c1-4-7-13(18)17(22)19-14(10-16(21)25-11(2)3)12-8-5-6-9-15(12)20(23)24;/h5-6,8-9,11,13-14H,4,7,10,18H2,1-3H3,(H,19,22);1H. The lowest BCUT2D eigenvalue weighted by atomic mass is 10.0. The highest BCUT2D eigenvalue weighted by Crippen LogP contribution is 2.27. The van der Waals surface area contributed by atoms with E-state index >= 15 is 0 Å². The molecule has 26 heavy (non-hydrogen) atoms. The number of nitrogens with two attached hydrogens (primary N) is 1. The van der Waals surface area contributed by atoms with Gasteiger partial charge >= 0.3 is 5.97 Å². The predicted molar refractivity (Wildman–Crippen MR) is 100.0 cm³/mol. The zero-order chi connectivity index (χ0) is 19.0. The van der Waals surface area contributed by atoms with Gasteiger partial charge in [0.15, 0.2) is 0 Å². The number of para-hydroxylation sites is 1. The third-order valence-electron chi connectivity index (χ3n) is 3.50. The number of halogens is 1. The number of amides is 1. The highest BCUT2D eigenvalue weighted by atomic mass is 35.5. The van der Waals surface area contributed by atoms with Gasteiger partial charge in [-0.25, -0.2) is 0 Å². The number of ether oxygens (including phenoxy) is 1. The number of nitrogens with zero attached hydrogens (tertiary/aromatic N) is 1. The van der Waals surface area contributed by atoms with E-state index in [4.69, 9.17) is 10.5 Å². The Morgan fingerprint density at radius 1 is 1.31 bits per heavy atom. The lowest BCUT2D eigenvalue weighted by Gasteiger charge is -2.21. The number of nitro groups is 1. The van der Waals surface area contributed by atoms with Crippen molar-refractivity contribution in [2.24, 2.45) is 5.73 Å². The summed E-state index contributed by atoms with van der Waals surface area (Å²) in [6.07, 6.45) is 0.663. The Balaban J connectivity index is 0.00000625. The van der Waals surface area contributed by atoms with Crippen molar-refractivity contribution in [3.05, 3.63) is 39.9 Å². The number of hydrogen-bond donors (Lipinski definition) is 2. The zero-order valence-corrected chi connectivity index (χ0v) is 16.0. The molecule has 1 aromatic rings. The Kier molecular flexibility index (Phi) is 10.5. The average molecular weight is 388 g/mol. The molecule has 0 aliphatic carbocycles. The Labute approximate surface area is 159 Å². The van der Waals surface area contributed by atoms with Crippen LogP contribution in [0.25, 0.3) is 0 Å². The Hall–Kier alpha value is -2.19. The first-order valence-corrected chi connectivity index (χ1v) is 8.25. The number of nitrogens with one attached hydrogen (secondary N) is 1. The van der Waals surface area contributed by atoms with Crippen LogP contribution < -0.4 is 11.1 Å². The fourth-order valence-electron chi connectivity index (χ4n) is 2.39. The molecule has 0 saturated carbocycles. The summed E-state index contributed by atoms with van der Waals surface area (Å²) in [5, 5.41) is 13.9. The predicted octanol–water partition coefficient (Wildman–Crippen LogP) is 2.64. The van der Waals surface area contributed by atoms with Gasteiger partial charge in [0.1, 0.15) is 0 Å². The maximum absolute atomic E-state index is 12.2. The molecular weight excluding hydrogens is 362 g/mol. The molecule has 2 unspecified atom stereocenters. The molecule has 0 spiro atoms. The summed E-state index contributed by atoms with van der Waals surface area (Å²) in [7, 11) is 0. The largest absolute Gasteiger partial charge is 0.463 e. The van der Waals surface area contributed by atoms with Gasteiger partial charge in [-0.15, -0.1) is 12.4 Å². The van der Waals surface area contributed by atoms with E-state index in [1.165, 1.54) is 18.2 Å². The van der Waals surface area contributed by atoms with E-state index in [0.717, 1.165) is 6.42 Å². The van der Waals surface area contributed by atoms with Crippen LogP contribution in [0.15, 0.2) is 24.3 Å². The highest BCUT2D eigenvalue weighted by Gasteiger charge is 2.27. The van der Waals surface area contributed by atoms with Crippen LogP contribution in [0.2, 0.25) is 0 Å². The van der Waals surface area contributed by atoms with Crippen molar-refractivity contribution < 1.29 is 19.2 Å². The number of hydrogen-bond acceptors (Lipinski definition) is 6. The summed E-state index contributed by atoms with van der Waals surface area (Å²) < 4.78 is 5.10. The van der Waals surface area contributed by atoms with Gasteiger partial charge in [-0.3, -0.25) is 19.7 Å². The van der Waals surface area contributed by atoms with E-state index < -0.39 is 28.9 Å². The topological polar surface area (TPSA) is 125 Å². The van der Waals surface area contributed by atoms with Crippen LogP contribution in [0, 0.1) is 10.1 Å². The smallest absolute Gasteiger partial charge is 0.308 e. The lowest BCUT2D eigenvalue weighted by Crippen LogP contribution is -2.43. The highest BCUT2D eigenvalue weighted by molar-refractivity contribution is 5.85. The van der Waals surface area contributed by atoms with Crippen LogP contribution in [-0.2, 0) is 14.3 Å². The minimum Gasteiger partial charge on any atom is -0.463 e. The fraction of sp³-hybridized carbons (Fsp3) is 0.529. The molecule has 1 aromatic carbocycles. The molecule has 146 valence electrons. The molecule has 0 fully saturated rings. The SMILES string of the molecule is CCCC(N)C(=O)NC(CC(=O)OC(C)C)c1ccccc1[N+](=O)[O-].Cl. The van der Waals surface area contributed by atoms with Gasteiger partial charge in [0.25, 0.3) is 5.69 Å². The second-order valence-corrected chi connectivity index (χ2v) is 6.02. The van der Waals surface area contributed by atoms with Crippen molar-refractivity contribution >= 4 is 30.0 Å². The minimum absolute atomic E-state index is 0. The summed E-state index contributed by atoms with van der Waals surface area (Å²) in [5.41, 5.74) is 5.87. The van der Waals surface area contributed by atoms with E-state index in [1.54, 1.807) is 19.9 Å². The first kappa shape index (κ1) is 23.8. The number of esters is 1. The van der Waals surface area contributed by atoms with E-state index in [2.05, 4.69) is 5.32 Å². The van der Waals surface area contributed by atoms with Crippen LogP contribution in [0.3, 0.4) is 0 Å². The third-order valence-corrected chi connectivity index (χ3v) is 3.50. The van der Waals surface area contributed by atoms with Gasteiger partial charge in [0, 0.05) is 6.07 Å². The molecule has 3 N–H and O–H groups in total. The summed E-state index contributed by atoms with van der Waals surface area (Å²) in [6, 6.07) is 4.35. The van der Waals surface area contributed by atoms with Gasteiger partial charge in [-0.05, 0) is 20.3 Å². The average Bonchev–Trinajstić information content (AvgIpc) is 2.53. The number of carbonyl (C=O) groups is 2. The summed E-state index contributed by atoms with van der Waals surface area (Å²) in [5.74, 6) is -1.01. The van der Waals surface area contributed by atoms with Crippen LogP contribution in [-0.4, -0.2) is 28.9 Å². The van der Waals surface area contributed by atoms with Crippen molar-refractivity contribution in [1.29, 1.82) is 0 Å². The molecule has 0 radical (unpaired) electrons. The molecule has 0 bridgehead atoms. The maximum Gasteiger partial charge on any atom is 0.308 e. The summed E-state index contributed by atoms with van der Waals surface area (Å²) in [6.45, 7) is 5.30. The second kappa shape index (κ2) is 11.4. The van der Waals surface area contributed by atoms with Crippen LogP contribution in [0.4, 0.5) is 5.69 Å². The first-order valence-electron chi connectivity index (χ1n) is 8.25. The first-order chi connectivity index (χ1) is 11.8. The normalized spacial score (nSPS) is 12.7. The monoisotopic (exact) mass is 387 g/mol. The van der Waals surface area contributed by atoms with Crippen LogP contribution in [0.5, 0.6) is 0 Å². The molecule has 1 rings (SSSR count). The number of nitro benzene ring substituents is 1. The van der Waals surface area contributed by atoms with E-state index in [1.807, 2.05) is 6.92 Å². The lowest BCUT2D eigenvalue weighted by molar-refractivity contribution is -0.385. The van der Waals surface area contributed by atoms with Gasteiger partial charge in [-0.1, -0.05) is 31.5 Å². The molecule has 9 heteroatoms. The molecule has 2 atom stereocenters. The molecule has 0 aromatic heterocycles. The molecule has 1 amide bonds. The second-order valence-electron chi connectivity index (χ2n) is 6.02. The maximum atomic E-state index is 12.2. The zero-order valence-electron chi connectivity index (χ0n) is 15.1. The summed E-state index contributed by atoms with van der Waals surface area (Å²) >= 11 is 0. The molecule has 0 saturated heterocycles. The van der Waals surface area contributed by atoms with Gasteiger partial charge in [0.2, 0.25) is 5.91 Å². The molecule has 0 aliphatic heterocycles. The van der Waals surface area contributed by atoms with Gasteiger partial charge in [-0.2, -0.15) is 0 Å². The molecular formula is C17H26ClN3O5. The third kappa shape index (κ3) is 7.37. The quantitative estimate of drug-likeness (QED) is 0.381. The van der Waals surface area contributed by atoms with E-state index in [0.29, 0.717) is 6.42 Å². The molecule has 0 heterocycles. The van der Waals surface area contributed by atoms with Crippen molar-refractivity contribution in [3.8, 4) is 0 Å². The van der Waals surface area contributed by atoms with Crippen LogP contribution in [0.1, 0.15) is 51.6 Å². The Bertz CT molecular complexity index is 624. The van der Waals surface area contributed by atoms with E-state index in [-0.39, 0.29) is 36.2 Å². The van der Waals surface area contributed by atoms with Crippen molar-refractivity contribution in [2.75, 3.05) is 0 Å². The van der Waals surface area contributed by atoms with E-state index in [9.17, 15) is 19.7 Å². The van der Waals surface area contributed by atoms with Crippen LogP contribution >= 0.6 is 12.4 Å². The van der Waals surface area contributed by atoms with Gasteiger partial charge < -0.3 is 15.8 Å². The number of benzene rings is 1. The van der Waals surface area contributed by atoms with Crippen molar-refractivity contribution in [3.63, 3.8) is 0 Å². The van der Waals surface area contributed by atoms with Crippen molar-refractivity contribution in [2.45, 2.75) is 58.2 Å². The Morgan fingerprint density at radius 3 is 2.46 bits per heavy atom. The van der Waals surface area contributed by atoms with Gasteiger partial charge in [0.05, 0.1) is 35.1 Å². The summed E-state index contributed by atoms with van der Waals surface area (Å²) in [4.78, 5) is 35.0.